The van der Waals surface area contributed by atoms with Gasteiger partial charge in [0.1, 0.15) is 5.75 Å². The van der Waals surface area contributed by atoms with Crippen LogP contribution < -0.4 is 9.64 Å². The maximum Gasteiger partial charge on any atom is 0.270 e. The molecule has 1 saturated heterocycles. The van der Waals surface area contributed by atoms with Crippen molar-refractivity contribution in [1.82, 2.24) is 0 Å². The Bertz CT molecular complexity index is 845. The van der Waals surface area contributed by atoms with E-state index in [1.54, 1.807) is 24.3 Å². The third kappa shape index (κ3) is 4.47. The van der Waals surface area contributed by atoms with E-state index in [9.17, 15) is 4.79 Å². The van der Waals surface area contributed by atoms with E-state index in [0.29, 0.717) is 26.8 Å². The Hall–Kier alpha value is -1.82. The molecule has 26 heavy (non-hydrogen) atoms. The van der Waals surface area contributed by atoms with E-state index in [-0.39, 0.29) is 5.91 Å². The summed E-state index contributed by atoms with van der Waals surface area (Å²) in [6.45, 7) is 4.90. The number of thiocarbonyl (C=S) groups is 1. The molecule has 2 aromatic carbocycles. The molecular formula is C20H18ClNO2S2. The molecule has 0 radical (unpaired) electrons. The predicted octanol–water partition coefficient (Wildman–Crippen LogP) is 5.78. The molecule has 0 aliphatic carbocycles. The van der Waals surface area contributed by atoms with Gasteiger partial charge in [-0.2, -0.15) is 0 Å². The number of anilines is 1. The lowest BCUT2D eigenvalue weighted by Gasteiger charge is -2.14. The largest absolute Gasteiger partial charge is 0.493 e. The Balaban J connectivity index is 1.76. The minimum Gasteiger partial charge on any atom is -0.493 e. The maximum atomic E-state index is 12.7. The van der Waals surface area contributed by atoms with Crippen molar-refractivity contribution in [3.8, 4) is 5.75 Å². The molecule has 0 atom stereocenters. The van der Waals surface area contributed by atoms with Crippen LogP contribution >= 0.6 is 35.6 Å². The van der Waals surface area contributed by atoms with Gasteiger partial charge in [0.25, 0.3) is 5.91 Å². The zero-order valence-electron chi connectivity index (χ0n) is 14.4. The van der Waals surface area contributed by atoms with E-state index in [1.165, 1.54) is 16.7 Å². The van der Waals surface area contributed by atoms with Gasteiger partial charge < -0.3 is 4.74 Å². The molecule has 1 aliphatic heterocycles. The van der Waals surface area contributed by atoms with Crippen LogP contribution in [0.2, 0.25) is 5.02 Å². The second-order valence-electron chi connectivity index (χ2n) is 6.27. The summed E-state index contributed by atoms with van der Waals surface area (Å²) in [5.41, 5.74) is 1.65. The number of amides is 1. The Kier molecular flexibility index (Phi) is 6.01. The molecule has 1 amide bonds. The fourth-order valence-corrected chi connectivity index (χ4v) is 3.78. The average Bonchev–Trinajstić information content (AvgIpc) is 2.89. The summed E-state index contributed by atoms with van der Waals surface area (Å²) in [5, 5.41) is 0.620. The molecule has 6 heteroatoms. The summed E-state index contributed by atoms with van der Waals surface area (Å²) in [6.07, 6.45) is 1.85. The van der Waals surface area contributed by atoms with Crippen LogP contribution in [0, 0.1) is 5.92 Å². The number of hydrogen-bond donors (Lipinski definition) is 0. The van der Waals surface area contributed by atoms with E-state index in [4.69, 9.17) is 28.6 Å². The monoisotopic (exact) mass is 403 g/mol. The Morgan fingerprint density at radius 1 is 1.15 bits per heavy atom. The highest BCUT2D eigenvalue weighted by Gasteiger charge is 2.33. The third-order valence-electron chi connectivity index (χ3n) is 3.64. The van der Waals surface area contributed by atoms with Crippen molar-refractivity contribution in [2.75, 3.05) is 11.5 Å². The van der Waals surface area contributed by atoms with Crippen molar-refractivity contribution in [3.63, 3.8) is 0 Å². The summed E-state index contributed by atoms with van der Waals surface area (Å²) in [7, 11) is 0. The quantitative estimate of drug-likeness (QED) is 0.467. The normalized spacial score (nSPS) is 16.0. The van der Waals surface area contributed by atoms with Crippen LogP contribution in [0.15, 0.2) is 53.4 Å². The molecule has 1 aliphatic rings. The van der Waals surface area contributed by atoms with Crippen molar-refractivity contribution in [1.29, 1.82) is 0 Å². The van der Waals surface area contributed by atoms with Gasteiger partial charge in [-0.3, -0.25) is 9.69 Å². The Morgan fingerprint density at radius 3 is 2.42 bits per heavy atom. The number of thioether (sulfide) groups is 1. The van der Waals surface area contributed by atoms with Crippen LogP contribution in [0.3, 0.4) is 0 Å². The first-order valence-corrected chi connectivity index (χ1v) is 9.80. The lowest BCUT2D eigenvalue weighted by Crippen LogP contribution is -2.27. The number of rotatable bonds is 5. The van der Waals surface area contributed by atoms with Gasteiger partial charge >= 0.3 is 0 Å². The lowest BCUT2D eigenvalue weighted by molar-refractivity contribution is -0.113. The van der Waals surface area contributed by atoms with Crippen LogP contribution in [-0.2, 0) is 4.79 Å². The molecule has 3 rings (SSSR count). The van der Waals surface area contributed by atoms with Crippen LogP contribution in [0.4, 0.5) is 5.69 Å². The van der Waals surface area contributed by atoms with E-state index < -0.39 is 0 Å². The topological polar surface area (TPSA) is 29.5 Å². The number of benzene rings is 2. The number of carbonyl (C=O) groups excluding carboxylic acids is 1. The molecule has 3 nitrogen and oxygen atoms in total. The van der Waals surface area contributed by atoms with Crippen LogP contribution in [0.1, 0.15) is 19.4 Å². The summed E-state index contributed by atoms with van der Waals surface area (Å²) in [5.74, 6) is 1.18. The molecule has 134 valence electrons. The van der Waals surface area contributed by atoms with Gasteiger partial charge in [-0.1, -0.05) is 61.6 Å². The van der Waals surface area contributed by atoms with Gasteiger partial charge in [0.15, 0.2) is 4.32 Å². The molecule has 0 spiro atoms. The number of nitrogens with zero attached hydrogens (tertiary/aromatic N) is 1. The number of ether oxygens (including phenoxy) is 1. The Labute approximate surface area is 168 Å². The molecule has 0 saturated carbocycles. The second kappa shape index (κ2) is 8.25. The SMILES string of the molecule is CC(C)COc1ccc(/C=C2/SC(=S)N(c3ccc(Cl)cc3)C2=O)cc1. The first-order chi connectivity index (χ1) is 12.4. The van der Waals surface area contributed by atoms with Gasteiger partial charge in [0, 0.05) is 5.02 Å². The average molecular weight is 404 g/mol. The van der Waals surface area contributed by atoms with E-state index in [0.717, 1.165) is 17.0 Å². The standard InChI is InChI=1S/C20H18ClNO2S2/c1-13(2)12-24-17-9-3-14(4-10-17)11-18-19(23)22(20(25)26-18)16-7-5-15(21)6-8-16/h3-11,13H,12H2,1-2H3/b18-11+. The van der Waals surface area contributed by atoms with Gasteiger partial charge in [-0.15, -0.1) is 0 Å². The smallest absolute Gasteiger partial charge is 0.270 e. The molecule has 0 bridgehead atoms. The Morgan fingerprint density at radius 2 is 1.81 bits per heavy atom. The minimum atomic E-state index is -0.123. The number of carbonyl (C=O) groups is 1. The van der Waals surface area contributed by atoms with Gasteiger partial charge in [0.05, 0.1) is 17.2 Å². The van der Waals surface area contributed by atoms with E-state index in [2.05, 4.69) is 13.8 Å². The lowest BCUT2D eigenvalue weighted by atomic mass is 10.2. The highest BCUT2D eigenvalue weighted by atomic mass is 35.5. The van der Waals surface area contributed by atoms with Crippen molar-refractivity contribution in [2.45, 2.75) is 13.8 Å². The molecule has 0 unspecified atom stereocenters. The second-order valence-corrected chi connectivity index (χ2v) is 8.38. The number of halogens is 1. The van der Waals surface area contributed by atoms with Crippen LogP contribution in [-0.4, -0.2) is 16.8 Å². The van der Waals surface area contributed by atoms with Gasteiger partial charge in [0.2, 0.25) is 0 Å². The van der Waals surface area contributed by atoms with Crippen molar-refractivity contribution in [3.05, 3.63) is 64.0 Å². The summed E-state index contributed by atoms with van der Waals surface area (Å²) < 4.78 is 6.20. The van der Waals surface area contributed by atoms with E-state index in [1.807, 2.05) is 30.3 Å². The predicted molar refractivity (Wildman–Crippen MR) is 114 cm³/mol. The molecular weight excluding hydrogens is 386 g/mol. The first kappa shape index (κ1) is 19.0. The highest BCUT2D eigenvalue weighted by Crippen LogP contribution is 2.36. The van der Waals surface area contributed by atoms with Crippen molar-refractivity contribution in [2.24, 2.45) is 5.92 Å². The molecule has 2 aromatic rings. The van der Waals surface area contributed by atoms with Crippen molar-refractivity contribution >= 4 is 57.6 Å². The van der Waals surface area contributed by atoms with Gasteiger partial charge in [-0.05, 0) is 54.0 Å². The maximum absolute atomic E-state index is 12.7. The molecule has 1 heterocycles. The molecule has 1 fully saturated rings. The van der Waals surface area contributed by atoms with Crippen LogP contribution in [0.25, 0.3) is 6.08 Å². The van der Waals surface area contributed by atoms with Crippen LogP contribution in [0.5, 0.6) is 5.75 Å². The summed E-state index contributed by atoms with van der Waals surface area (Å²) in [4.78, 5) is 14.9. The first-order valence-electron chi connectivity index (χ1n) is 8.20. The fraction of sp³-hybridized carbons (Fsp3) is 0.200. The van der Waals surface area contributed by atoms with Gasteiger partial charge in [-0.25, -0.2) is 0 Å². The fourth-order valence-electron chi connectivity index (χ4n) is 2.36. The summed E-state index contributed by atoms with van der Waals surface area (Å²) in [6, 6.07) is 14.8. The highest BCUT2D eigenvalue weighted by molar-refractivity contribution is 8.27. The minimum absolute atomic E-state index is 0.123. The van der Waals surface area contributed by atoms with Crippen molar-refractivity contribution < 1.29 is 9.53 Å². The number of hydrogen-bond acceptors (Lipinski definition) is 4. The zero-order valence-corrected chi connectivity index (χ0v) is 16.8. The van der Waals surface area contributed by atoms with E-state index >= 15 is 0 Å². The molecule has 0 N–H and O–H groups in total. The third-order valence-corrected chi connectivity index (χ3v) is 5.19. The summed E-state index contributed by atoms with van der Waals surface area (Å²) >= 11 is 12.6. The zero-order chi connectivity index (χ0) is 18.7. The molecule has 0 aromatic heterocycles.